The highest BCUT2D eigenvalue weighted by Gasteiger charge is 2.14. The van der Waals surface area contributed by atoms with Gasteiger partial charge in [0.05, 0.1) is 0 Å². The molecule has 0 saturated carbocycles. The SMILES string of the molecule is Fc1ccc(-c2nn3c(-c4cccc(Cl)c4)nnc3s2)cc1. The smallest absolute Gasteiger partial charge is 0.207 e. The molecule has 22 heavy (non-hydrogen) atoms. The summed E-state index contributed by atoms with van der Waals surface area (Å²) in [5, 5.41) is 14.2. The molecule has 108 valence electrons. The van der Waals surface area contributed by atoms with E-state index in [1.165, 1.54) is 23.5 Å². The van der Waals surface area contributed by atoms with Crippen LogP contribution in [0.5, 0.6) is 0 Å². The second kappa shape index (κ2) is 5.15. The summed E-state index contributed by atoms with van der Waals surface area (Å²) in [7, 11) is 0. The van der Waals surface area contributed by atoms with Crippen LogP contribution in [-0.2, 0) is 0 Å². The van der Waals surface area contributed by atoms with Gasteiger partial charge in [0.25, 0.3) is 0 Å². The van der Waals surface area contributed by atoms with Crippen molar-refractivity contribution in [2.24, 2.45) is 0 Å². The topological polar surface area (TPSA) is 43.1 Å². The monoisotopic (exact) mass is 330 g/mol. The van der Waals surface area contributed by atoms with Gasteiger partial charge in [0.1, 0.15) is 10.8 Å². The lowest BCUT2D eigenvalue weighted by molar-refractivity contribution is 0.628. The Labute approximate surface area is 133 Å². The molecule has 0 N–H and O–H groups in total. The van der Waals surface area contributed by atoms with E-state index >= 15 is 0 Å². The van der Waals surface area contributed by atoms with Crippen LogP contribution in [0.25, 0.3) is 26.9 Å². The third-order valence-corrected chi connectivity index (χ3v) is 4.35. The second-order valence-electron chi connectivity index (χ2n) is 4.64. The number of halogens is 2. The maximum atomic E-state index is 13.0. The Morgan fingerprint density at radius 2 is 1.82 bits per heavy atom. The number of rotatable bonds is 2. The number of fused-ring (bicyclic) bond motifs is 1. The highest BCUT2D eigenvalue weighted by atomic mass is 35.5. The fourth-order valence-electron chi connectivity index (χ4n) is 2.13. The summed E-state index contributed by atoms with van der Waals surface area (Å²) < 4.78 is 14.7. The first-order chi connectivity index (χ1) is 10.7. The molecule has 0 fully saturated rings. The van der Waals surface area contributed by atoms with Crippen molar-refractivity contribution in [2.45, 2.75) is 0 Å². The minimum Gasteiger partial charge on any atom is -0.207 e. The molecule has 0 saturated heterocycles. The first-order valence-electron chi connectivity index (χ1n) is 6.45. The Morgan fingerprint density at radius 3 is 2.59 bits per heavy atom. The molecule has 4 rings (SSSR count). The van der Waals surface area contributed by atoms with Gasteiger partial charge >= 0.3 is 0 Å². The quantitative estimate of drug-likeness (QED) is 0.550. The standard InChI is InChI=1S/C15H8ClFN4S/c16-11-3-1-2-10(8-11)13-18-19-15-21(13)20-14(22-15)9-4-6-12(17)7-5-9/h1-8H. The third-order valence-electron chi connectivity index (χ3n) is 3.16. The highest BCUT2D eigenvalue weighted by molar-refractivity contribution is 7.19. The Morgan fingerprint density at radius 1 is 1.00 bits per heavy atom. The van der Waals surface area contributed by atoms with E-state index in [9.17, 15) is 4.39 Å². The molecule has 0 amide bonds. The summed E-state index contributed by atoms with van der Waals surface area (Å²) in [4.78, 5) is 0.675. The Balaban J connectivity index is 1.84. The fourth-order valence-corrected chi connectivity index (χ4v) is 3.17. The van der Waals surface area contributed by atoms with Crippen molar-refractivity contribution in [1.82, 2.24) is 19.8 Å². The van der Waals surface area contributed by atoms with Crippen LogP contribution >= 0.6 is 22.9 Å². The second-order valence-corrected chi connectivity index (χ2v) is 6.03. The summed E-state index contributed by atoms with van der Waals surface area (Å²) in [5.74, 6) is 0.355. The van der Waals surface area contributed by atoms with E-state index in [2.05, 4.69) is 15.3 Å². The van der Waals surface area contributed by atoms with Gasteiger partial charge in [-0.2, -0.15) is 9.61 Å². The molecular formula is C15H8ClFN4S. The normalized spacial score (nSPS) is 11.2. The lowest BCUT2D eigenvalue weighted by Crippen LogP contribution is -1.91. The lowest BCUT2D eigenvalue weighted by atomic mass is 10.2. The molecule has 0 aliphatic rings. The van der Waals surface area contributed by atoms with Crippen LogP contribution < -0.4 is 0 Å². The molecule has 7 heteroatoms. The third kappa shape index (κ3) is 2.26. The number of hydrogen-bond acceptors (Lipinski definition) is 4. The summed E-state index contributed by atoms with van der Waals surface area (Å²) in [6, 6.07) is 13.6. The molecule has 2 aromatic carbocycles. The number of aromatic nitrogens is 4. The van der Waals surface area contributed by atoms with E-state index in [0.29, 0.717) is 15.8 Å². The molecule has 0 unspecified atom stereocenters. The Bertz CT molecular complexity index is 961. The molecule has 0 bridgehead atoms. The van der Waals surface area contributed by atoms with Crippen molar-refractivity contribution in [3.05, 3.63) is 59.4 Å². The minimum atomic E-state index is -0.272. The lowest BCUT2D eigenvalue weighted by Gasteiger charge is -1.98. The van der Waals surface area contributed by atoms with Crippen molar-refractivity contribution in [3.8, 4) is 22.0 Å². The Hall–Kier alpha value is -2.31. The molecule has 0 aliphatic heterocycles. The van der Waals surface area contributed by atoms with Crippen LogP contribution in [0, 0.1) is 5.82 Å². The molecular weight excluding hydrogens is 323 g/mol. The maximum absolute atomic E-state index is 13.0. The van der Waals surface area contributed by atoms with E-state index in [1.54, 1.807) is 22.7 Å². The average Bonchev–Trinajstić information content (AvgIpc) is 3.08. The first-order valence-corrected chi connectivity index (χ1v) is 7.64. The Kier molecular flexibility index (Phi) is 3.13. The maximum Gasteiger partial charge on any atom is 0.235 e. The van der Waals surface area contributed by atoms with Crippen LogP contribution in [-0.4, -0.2) is 19.8 Å². The van der Waals surface area contributed by atoms with Gasteiger partial charge in [-0.25, -0.2) is 4.39 Å². The minimum absolute atomic E-state index is 0.272. The molecule has 0 radical (unpaired) electrons. The summed E-state index contributed by atoms with van der Waals surface area (Å²) in [6.07, 6.45) is 0. The molecule has 4 aromatic rings. The van der Waals surface area contributed by atoms with Crippen molar-refractivity contribution < 1.29 is 4.39 Å². The molecule has 0 aliphatic carbocycles. The summed E-state index contributed by atoms with van der Waals surface area (Å²) in [5.41, 5.74) is 1.69. The van der Waals surface area contributed by atoms with Crippen LogP contribution in [0.2, 0.25) is 5.02 Å². The van der Waals surface area contributed by atoms with Gasteiger partial charge in [0.15, 0.2) is 5.82 Å². The first kappa shape index (κ1) is 13.4. The zero-order valence-electron chi connectivity index (χ0n) is 11.1. The molecule has 2 heterocycles. The molecule has 0 atom stereocenters. The molecule has 2 aromatic heterocycles. The zero-order valence-corrected chi connectivity index (χ0v) is 12.6. The van der Waals surface area contributed by atoms with Gasteiger partial charge in [-0.05, 0) is 36.4 Å². The van der Waals surface area contributed by atoms with Crippen molar-refractivity contribution >= 4 is 27.9 Å². The average molecular weight is 331 g/mol. The van der Waals surface area contributed by atoms with Crippen LogP contribution in [0.15, 0.2) is 48.5 Å². The predicted octanol–water partition coefficient (Wildman–Crippen LogP) is 4.31. The molecule has 0 spiro atoms. The number of hydrogen-bond donors (Lipinski definition) is 0. The summed E-state index contributed by atoms with van der Waals surface area (Å²) in [6.45, 7) is 0. The summed E-state index contributed by atoms with van der Waals surface area (Å²) >= 11 is 7.42. The van der Waals surface area contributed by atoms with E-state index < -0.39 is 0 Å². The van der Waals surface area contributed by atoms with Crippen molar-refractivity contribution in [3.63, 3.8) is 0 Å². The van der Waals surface area contributed by atoms with Gasteiger partial charge in [-0.1, -0.05) is 35.1 Å². The van der Waals surface area contributed by atoms with Gasteiger partial charge < -0.3 is 0 Å². The fraction of sp³-hybridized carbons (Fsp3) is 0. The van der Waals surface area contributed by atoms with E-state index in [1.807, 2.05) is 18.2 Å². The highest BCUT2D eigenvalue weighted by Crippen LogP contribution is 2.28. The van der Waals surface area contributed by atoms with Crippen LogP contribution in [0.4, 0.5) is 4.39 Å². The van der Waals surface area contributed by atoms with E-state index in [0.717, 1.165) is 16.1 Å². The van der Waals surface area contributed by atoms with Gasteiger partial charge in [0, 0.05) is 16.1 Å². The van der Waals surface area contributed by atoms with E-state index in [4.69, 9.17) is 11.6 Å². The largest absolute Gasteiger partial charge is 0.235 e. The van der Waals surface area contributed by atoms with Gasteiger partial charge in [-0.3, -0.25) is 0 Å². The van der Waals surface area contributed by atoms with Crippen LogP contribution in [0.3, 0.4) is 0 Å². The van der Waals surface area contributed by atoms with Gasteiger partial charge in [-0.15, -0.1) is 10.2 Å². The number of nitrogens with zero attached hydrogens (tertiary/aromatic N) is 4. The van der Waals surface area contributed by atoms with Gasteiger partial charge in [0.2, 0.25) is 4.96 Å². The molecule has 4 nitrogen and oxygen atoms in total. The van der Waals surface area contributed by atoms with Crippen molar-refractivity contribution in [1.29, 1.82) is 0 Å². The number of benzene rings is 2. The van der Waals surface area contributed by atoms with Crippen molar-refractivity contribution in [2.75, 3.05) is 0 Å². The van der Waals surface area contributed by atoms with Crippen LogP contribution in [0.1, 0.15) is 0 Å². The predicted molar refractivity (Wildman–Crippen MR) is 84.5 cm³/mol. The zero-order chi connectivity index (χ0) is 15.1. The van der Waals surface area contributed by atoms with E-state index in [-0.39, 0.29) is 5.82 Å².